The molecule has 1 amide bonds. The first kappa shape index (κ1) is 18.2. The Balaban J connectivity index is 1.83. The molecule has 0 bridgehead atoms. The average molecular weight is 347 g/mol. The SMILES string of the molecule is COc1ccc(C2(C(=O)N3CCC[C@](O)(CO)CC3)CCCC2)cc1. The number of methoxy groups -OCH3 is 1. The second kappa shape index (κ2) is 7.34. The highest BCUT2D eigenvalue weighted by Crippen LogP contribution is 2.43. The van der Waals surface area contributed by atoms with E-state index in [9.17, 15) is 15.0 Å². The van der Waals surface area contributed by atoms with Gasteiger partial charge in [-0.1, -0.05) is 25.0 Å². The molecule has 1 atom stereocenters. The first-order valence-corrected chi connectivity index (χ1v) is 9.30. The van der Waals surface area contributed by atoms with Crippen molar-refractivity contribution >= 4 is 5.91 Å². The Morgan fingerprint density at radius 1 is 1.08 bits per heavy atom. The van der Waals surface area contributed by atoms with Crippen LogP contribution in [0.5, 0.6) is 5.75 Å². The number of carbonyl (C=O) groups is 1. The van der Waals surface area contributed by atoms with Crippen LogP contribution in [0.4, 0.5) is 0 Å². The van der Waals surface area contributed by atoms with Gasteiger partial charge < -0.3 is 19.8 Å². The summed E-state index contributed by atoms with van der Waals surface area (Å²) < 4.78 is 5.25. The van der Waals surface area contributed by atoms with E-state index in [2.05, 4.69) is 0 Å². The van der Waals surface area contributed by atoms with Gasteiger partial charge in [0.2, 0.25) is 5.91 Å². The minimum atomic E-state index is -1.04. The zero-order valence-electron chi connectivity index (χ0n) is 15.0. The van der Waals surface area contributed by atoms with E-state index in [0.29, 0.717) is 25.9 Å². The molecule has 5 nitrogen and oxygen atoms in total. The number of ether oxygens (including phenoxy) is 1. The first-order chi connectivity index (χ1) is 12.0. The molecule has 0 aromatic heterocycles. The van der Waals surface area contributed by atoms with Crippen LogP contribution in [0.15, 0.2) is 24.3 Å². The fourth-order valence-corrected chi connectivity index (χ4v) is 4.36. The Labute approximate surface area is 149 Å². The van der Waals surface area contributed by atoms with Crippen LogP contribution < -0.4 is 4.74 Å². The third kappa shape index (κ3) is 3.53. The lowest BCUT2D eigenvalue weighted by Crippen LogP contribution is -2.46. The highest BCUT2D eigenvalue weighted by molar-refractivity contribution is 5.88. The smallest absolute Gasteiger partial charge is 0.233 e. The van der Waals surface area contributed by atoms with Gasteiger partial charge in [0, 0.05) is 13.1 Å². The molecule has 25 heavy (non-hydrogen) atoms. The zero-order valence-corrected chi connectivity index (χ0v) is 15.0. The van der Waals surface area contributed by atoms with Crippen molar-refractivity contribution in [2.45, 2.75) is 56.0 Å². The number of benzene rings is 1. The lowest BCUT2D eigenvalue weighted by molar-refractivity contribution is -0.137. The standard InChI is InChI=1S/C20H29NO4/c1-25-17-7-5-16(6-8-17)20(10-2-3-11-20)18(23)21-13-4-9-19(24,15-22)12-14-21/h5-8,22,24H,2-4,9-15H2,1H3/t19-/m1/s1. The second-order valence-electron chi connectivity index (χ2n) is 7.55. The molecule has 1 aromatic rings. The number of hydrogen-bond acceptors (Lipinski definition) is 4. The number of carbonyl (C=O) groups excluding carboxylic acids is 1. The fourth-order valence-electron chi connectivity index (χ4n) is 4.36. The summed E-state index contributed by atoms with van der Waals surface area (Å²) in [6, 6.07) is 7.89. The van der Waals surface area contributed by atoms with Crippen molar-refractivity contribution in [1.29, 1.82) is 0 Å². The highest BCUT2D eigenvalue weighted by atomic mass is 16.5. The van der Waals surface area contributed by atoms with Crippen LogP contribution in [0, 0.1) is 0 Å². The van der Waals surface area contributed by atoms with Gasteiger partial charge in [-0.05, 0) is 49.8 Å². The number of amides is 1. The fraction of sp³-hybridized carbons (Fsp3) is 0.650. The topological polar surface area (TPSA) is 70.0 Å². The highest BCUT2D eigenvalue weighted by Gasteiger charge is 2.45. The number of aliphatic hydroxyl groups is 2. The number of rotatable bonds is 4. The van der Waals surface area contributed by atoms with Gasteiger partial charge in [-0.2, -0.15) is 0 Å². The van der Waals surface area contributed by atoms with Gasteiger partial charge in [0.25, 0.3) is 0 Å². The number of likely N-dealkylation sites (tertiary alicyclic amines) is 1. The van der Waals surface area contributed by atoms with Crippen LogP contribution in [0.25, 0.3) is 0 Å². The minimum Gasteiger partial charge on any atom is -0.497 e. The number of aliphatic hydroxyl groups excluding tert-OH is 1. The van der Waals surface area contributed by atoms with Gasteiger partial charge in [-0.3, -0.25) is 4.79 Å². The van der Waals surface area contributed by atoms with Gasteiger partial charge in [0.05, 0.1) is 24.7 Å². The normalized spacial score (nSPS) is 26.3. The van der Waals surface area contributed by atoms with Crippen molar-refractivity contribution in [3.8, 4) is 5.75 Å². The lowest BCUT2D eigenvalue weighted by Gasteiger charge is -2.35. The summed E-state index contributed by atoms with van der Waals surface area (Å²) in [5, 5.41) is 19.8. The summed E-state index contributed by atoms with van der Waals surface area (Å²) >= 11 is 0. The van der Waals surface area contributed by atoms with E-state index < -0.39 is 11.0 Å². The molecule has 1 aliphatic heterocycles. The van der Waals surface area contributed by atoms with E-state index >= 15 is 0 Å². The Bertz CT molecular complexity index is 594. The average Bonchev–Trinajstić information content (AvgIpc) is 3.06. The summed E-state index contributed by atoms with van der Waals surface area (Å²) in [6.45, 7) is 0.922. The predicted octanol–water partition coefficient (Wildman–Crippen LogP) is 2.24. The molecule has 1 saturated heterocycles. The molecule has 0 unspecified atom stereocenters. The third-order valence-electron chi connectivity index (χ3n) is 6.01. The molecule has 1 aliphatic carbocycles. The summed E-state index contributed by atoms with van der Waals surface area (Å²) in [7, 11) is 1.64. The molecular weight excluding hydrogens is 318 g/mol. The van der Waals surface area contributed by atoms with Gasteiger partial charge in [-0.25, -0.2) is 0 Å². The summed E-state index contributed by atoms with van der Waals surface area (Å²) in [6.07, 6.45) is 5.58. The van der Waals surface area contributed by atoms with Gasteiger partial charge in [0.15, 0.2) is 0 Å². The maximum atomic E-state index is 13.5. The van der Waals surface area contributed by atoms with Crippen LogP contribution in [-0.2, 0) is 10.2 Å². The Morgan fingerprint density at radius 2 is 1.76 bits per heavy atom. The molecule has 5 heteroatoms. The largest absolute Gasteiger partial charge is 0.497 e. The monoisotopic (exact) mass is 347 g/mol. The van der Waals surface area contributed by atoms with Crippen LogP contribution in [0.1, 0.15) is 50.5 Å². The van der Waals surface area contributed by atoms with E-state index in [1.807, 2.05) is 29.2 Å². The predicted molar refractivity (Wildman–Crippen MR) is 95.6 cm³/mol. The molecule has 0 radical (unpaired) electrons. The van der Waals surface area contributed by atoms with Crippen molar-refractivity contribution < 1.29 is 19.7 Å². The number of nitrogens with zero attached hydrogens (tertiary/aromatic N) is 1. The maximum absolute atomic E-state index is 13.5. The van der Waals surface area contributed by atoms with E-state index in [4.69, 9.17) is 4.74 Å². The van der Waals surface area contributed by atoms with E-state index in [1.54, 1.807) is 7.11 Å². The molecule has 3 rings (SSSR count). The van der Waals surface area contributed by atoms with Crippen LogP contribution in [0.3, 0.4) is 0 Å². The summed E-state index contributed by atoms with van der Waals surface area (Å²) in [5.41, 5.74) is -0.427. The van der Waals surface area contributed by atoms with Crippen molar-refractivity contribution in [2.75, 3.05) is 26.8 Å². The summed E-state index contributed by atoms with van der Waals surface area (Å²) in [4.78, 5) is 15.4. The molecule has 138 valence electrons. The van der Waals surface area contributed by atoms with Crippen molar-refractivity contribution in [3.05, 3.63) is 29.8 Å². The molecule has 1 saturated carbocycles. The van der Waals surface area contributed by atoms with Gasteiger partial charge >= 0.3 is 0 Å². The molecule has 1 heterocycles. The van der Waals surface area contributed by atoms with Crippen LogP contribution in [-0.4, -0.2) is 53.4 Å². The van der Waals surface area contributed by atoms with Crippen molar-refractivity contribution in [2.24, 2.45) is 0 Å². The lowest BCUT2D eigenvalue weighted by atomic mass is 9.77. The van der Waals surface area contributed by atoms with E-state index in [0.717, 1.165) is 43.4 Å². The second-order valence-corrected chi connectivity index (χ2v) is 7.55. The van der Waals surface area contributed by atoms with Crippen molar-refractivity contribution in [3.63, 3.8) is 0 Å². The molecule has 2 fully saturated rings. The summed E-state index contributed by atoms with van der Waals surface area (Å²) in [5.74, 6) is 0.976. The molecular formula is C20H29NO4. The van der Waals surface area contributed by atoms with Crippen LogP contribution >= 0.6 is 0 Å². The van der Waals surface area contributed by atoms with Crippen molar-refractivity contribution in [1.82, 2.24) is 4.90 Å². The Hall–Kier alpha value is -1.59. The van der Waals surface area contributed by atoms with Gasteiger partial charge in [0.1, 0.15) is 5.75 Å². The molecule has 0 spiro atoms. The zero-order chi connectivity index (χ0) is 17.9. The maximum Gasteiger partial charge on any atom is 0.233 e. The molecule has 1 aromatic carbocycles. The van der Waals surface area contributed by atoms with Crippen LogP contribution in [0.2, 0.25) is 0 Å². The molecule has 2 aliphatic rings. The third-order valence-corrected chi connectivity index (χ3v) is 6.01. The Morgan fingerprint density at radius 3 is 2.36 bits per heavy atom. The first-order valence-electron chi connectivity index (χ1n) is 9.30. The minimum absolute atomic E-state index is 0.178. The van der Waals surface area contributed by atoms with E-state index in [1.165, 1.54) is 0 Å². The van der Waals surface area contributed by atoms with E-state index in [-0.39, 0.29) is 12.5 Å². The quantitative estimate of drug-likeness (QED) is 0.876. The molecule has 2 N–H and O–H groups in total. The Kier molecular flexibility index (Phi) is 5.35. The number of hydrogen-bond donors (Lipinski definition) is 2. The van der Waals surface area contributed by atoms with Gasteiger partial charge in [-0.15, -0.1) is 0 Å².